The normalized spacial score (nSPS) is 12.0. The molecule has 0 saturated heterocycles. The van der Waals surface area contributed by atoms with Crippen molar-refractivity contribution in [2.24, 2.45) is 0 Å². The van der Waals surface area contributed by atoms with Crippen molar-refractivity contribution in [2.75, 3.05) is 0 Å². The van der Waals surface area contributed by atoms with Crippen LogP contribution in [0.4, 0.5) is 0 Å². The van der Waals surface area contributed by atoms with Crippen molar-refractivity contribution < 1.29 is 0 Å². The number of hydrogen-bond acceptors (Lipinski definition) is 3. The topological polar surface area (TPSA) is 48.5 Å². The van der Waals surface area contributed by atoms with Gasteiger partial charge in [0.2, 0.25) is 0 Å². The smallest absolute Gasteiger partial charge is 0.116 e. The van der Waals surface area contributed by atoms with Gasteiger partial charge in [-0.1, -0.05) is 72.8 Å². The lowest BCUT2D eigenvalue weighted by Crippen LogP contribution is -2.00. The van der Waals surface area contributed by atoms with E-state index in [0.717, 1.165) is 55.1 Å². The van der Waals surface area contributed by atoms with E-state index in [1.807, 2.05) is 18.5 Å². The van der Waals surface area contributed by atoms with Crippen molar-refractivity contribution in [1.82, 2.24) is 24.1 Å². The van der Waals surface area contributed by atoms with E-state index < -0.39 is 0 Å². The Morgan fingerprint density at radius 1 is 0.500 bits per heavy atom. The second-order valence-corrected chi connectivity index (χ2v) is 10.1. The highest BCUT2D eigenvalue weighted by molar-refractivity contribution is 6.35. The van der Waals surface area contributed by atoms with Crippen molar-refractivity contribution in [3.8, 4) is 11.4 Å². The fourth-order valence-electron chi connectivity index (χ4n) is 6.52. The lowest BCUT2D eigenvalue weighted by molar-refractivity contribution is 1.14. The predicted octanol–water partition coefficient (Wildman–Crippen LogP) is 8.37. The molecule has 0 aliphatic heterocycles. The van der Waals surface area contributed by atoms with Gasteiger partial charge in [0.15, 0.2) is 0 Å². The van der Waals surface area contributed by atoms with E-state index in [-0.39, 0.29) is 0 Å². The van der Waals surface area contributed by atoms with Gasteiger partial charge >= 0.3 is 0 Å². The van der Waals surface area contributed by atoms with Crippen molar-refractivity contribution in [3.05, 3.63) is 128 Å². The Hall–Kier alpha value is -5.55. The molecule has 0 aliphatic rings. The van der Waals surface area contributed by atoms with Gasteiger partial charge in [0.05, 0.1) is 38.8 Å². The minimum atomic E-state index is 0.914. The van der Waals surface area contributed by atoms with Crippen LogP contribution in [-0.4, -0.2) is 24.1 Å². The zero-order chi connectivity index (χ0) is 26.2. The van der Waals surface area contributed by atoms with Crippen LogP contribution in [0.1, 0.15) is 0 Å². The summed E-state index contributed by atoms with van der Waals surface area (Å²) in [6.07, 6.45) is 5.42. The maximum absolute atomic E-state index is 5.02. The highest BCUT2D eigenvalue weighted by Gasteiger charge is 2.25. The molecule has 9 rings (SSSR count). The molecule has 9 aromatic rings. The van der Waals surface area contributed by atoms with Crippen LogP contribution in [0.2, 0.25) is 0 Å². The van der Waals surface area contributed by atoms with E-state index >= 15 is 0 Å². The van der Waals surface area contributed by atoms with Crippen LogP contribution in [0.25, 0.3) is 76.8 Å². The lowest BCUT2D eigenvalue weighted by Gasteiger charge is -2.14. The van der Waals surface area contributed by atoms with E-state index in [1.54, 1.807) is 6.33 Å². The zero-order valence-electron chi connectivity index (χ0n) is 21.4. The molecule has 0 amide bonds. The number of fused-ring (bicyclic) bond motifs is 11. The zero-order valence-corrected chi connectivity index (χ0v) is 21.4. The third kappa shape index (κ3) is 2.73. The molecule has 4 aromatic heterocycles. The van der Waals surface area contributed by atoms with Gasteiger partial charge in [-0.25, -0.2) is 9.97 Å². The largest absolute Gasteiger partial charge is 0.307 e. The molecule has 5 heteroatoms. The number of rotatable bonds is 2. The Balaban J connectivity index is 1.67. The third-order valence-corrected chi connectivity index (χ3v) is 8.06. The Morgan fingerprint density at radius 3 is 2.05 bits per heavy atom. The van der Waals surface area contributed by atoms with Gasteiger partial charge < -0.3 is 9.13 Å². The molecule has 0 radical (unpaired) electrons. The van der Waals surface area contributed by atoms with Gasteiger partial charge in [0.1, 0.15) is 6.33 Å². The van der Waals surface area contributed by atoms with Crippen LogP contribution in [0, 0.1) is 0 Å². The quantitative estimate of drug-likeness (QED) is 0.234. The monoisotopic (exact) mass is 511 g/mol. The summed E-state index contributed by atoms with van der Waals surface area (Å²) in [4.78, 5) is 14.1. The number of hydrogen-bond donors (Lipinski definition) is 0. The van der Waals surface area contributed by atoms with Gasteiger partial charge in [-0.05, 0) is 36.4 Å². The molecule has 0 bridgehead atoms. The summed E-state index contributed by atoms with van der Waals surface area (Å²) in [7, 11) is 0. The number of para-hydroxylation sites is 4. The van der Waals surface area contributed by atoms with E-state index in [1.165, 1.54) is 21.7 Å². The molecule has 0 atom stereocenters. The second-order valence-electron chi connectivity index (χ2n) is 10.1. The van der Waals surface area contributed by atoms with Crippen LogP contribution in [0.3, 0.4) is 0 Å². The summed E-state index contributed by atoms with van der Waals surface area (Å²) in [6.45, 7) is 0. The fourth-order valence-corrected chi connectivity index (χ4v) is 6.52. The first-order valence-corrected chi connectivity index (χ1v) is 13.4. The molecular formula is C35H21N5. The number of nitrogens with zero attached hydrogens (tertiary/aromatic N) is 5. The summed E-state index contributed by atoms with van der Waals surface area (Å²) in [5.74, 6) is 0. The minimum absolute atomic E-state index is 0.914. The van der Waals surface area contributed by atoms with Gasteiger partial charge in [-0.3, -0.25) is 4.98 Å². The van der Waals surface area contributed by atoms with Crippen LogP contribution >= 0.6 is 0 Å². The molecule has 186 valence electrons. The van der Waals surface area contributed by atoms with E-state index in [0.29, 0.717) is 0 Å². The highest BCUT2D eigenvalue weighted by Crippen LogP contribution is 2.46. The molecule has 0 spiro atoms. The number of benzene rings is 5. The molecule has 5 nitrogen and oxygen atoms in total. The fraction of sp³-hybridized carbons (Fsp3) is 0. The van der Waals surface area contributed by atoms with Gasteiger partial charge in [-0.2, -0.15) is 0 Å². The summed E-state index contributed by atoms with van der Waals surface area (Å²) in [5.41, 5.74) is 8.62. The molecule has 0 saturated carbocycles. The van der Waals surface area contributed by atoms with Gasteiger partial charge in [0.25, 0.3) is 0 Å². The average molecular weight is 512 g/mol. The van der Waals surface area contributed by atoms with Crippen LogP contribution < -0.4 is 0 Å². The minimum Gasteiger partial charge on any atom is -0.307 e. The summed E-state index contributed by atoms with van der Waals surface area (Å²) >= 11 is 0. The maximum Gasteiger partial charge on any atom is 0.116 e. The summed E-state index contributed by atoms with van der Waals surface area (Å²) in [6, 6.07) is 38.5. The molecule has 0 fully saturated rings. The molecule has 0 N–H and O–H groups in total. The first-order chi connectivity index (χ1) is 19.9. The molecule has 4 heterocycles. The van der Waals surface area contributed by atoms with Crippen molar-refractivity contribution in [3.63, 3.8) is 0 Å². The second kappa shape index (κ2) is 7.98. The summed E-state index contributed by atoms with van der Waals surface area (Å²) < 4.78 is 4.80. The van der Waals surface area contributed by atoms with E-state index in [9.17, 15) is 0 Å². The Morgan fingerprint density at radius 2 is 1.20 bits per heavy atom. The molecular weight excluding hydrogens is 490 g/mol. The summed E-state index contributed by atoms with van der Waals surface area (Å²) in [5, 5.41) is 6.87. The van der Waals surface area contributed by atoms with Crippen LogP contribution in [0.15, 0.2) is 128 Å². The van der Waals surface area contributed by atoms with E-state index in [4.69, 9.17) is 9.97 Å². The first-order valence-electron chi connectivity index (χ1n) is 13.4. The Labute approximate surface area is 228 Å². The third-order valence-electron chi connectivity index (χ3n) is 8.06. The highest BCUT2D eigenvalue weighted by atomic mass is 15.1. The van der Waals surface area contributed by atoms with Crippen molar-refractivity contribution in [2.45, 2.75) is 0 Å². The predicted molar refractivity (Wildman–Crippen MR) is 164 cm³/mol. The standard InChI is InChI=1S/C35H21N5/c1-2-11-23(12-3-1)39-27-16-6-4-13-24(27)30-26-15-9-19-37-33(26)31-25-14-5-7-17-28(25)40(35(31)34(30)39)29-18-8-10-22-20-36-21-38-32(22)29/h1-21H. The molecule has 0 aliphatic carbocycles. The SMILES string of the molecule is c1ccc(-n2c3ccccc3c3c4cccnc4c4c5ccccc5n(-c5cccc6cncnc56)c4c32)cc1. The number of pyridine rings is 1. The van der Waals surface area contributed by atoms with E-state index in [2.05, 4.69) is 117 Å². The van der Waals surface area contributed by atoms with Gasteiger partial charge in [-0.15, -0.1) is 0 Å². The molecule has 5 aromatic carbocycles. The molecule has 0 unspecified atom stereocenters. The average Bonchev–Trinajstić information content (AvgIpc) is 3.55. The van der Waals surface area contributed by atoms with Crippen LogP contribution in [0.5, 0.6) is 0 Å². The molecule has 40 heavy (non-hydrogen) atoms. The van der Waals surface area contributed by atoms with Crippen molar-refractivity contribution >= 4 is 65.4 Å². The van der Waals surface area contributed by atoms with Crippen LogP contribution in [-0.2, 0) is 0 Å². The van der Waals surface area contributed by atoms with Crippen molar-refractivity contribution in [1.29, 1.82) is 0 Å². The maximum atomic E-state index is 5.02. The Kier molecular flexibility index (Phi) is 4.27. The Bertz CT molecular complexity index is 2430. The van der Waals surface area contributed by atoms with Gasteiger partial charge in [0, 0.05) is 50.4 Å². The lowest BCUT2D eigenvalue weighted by atomic mass is 10.0. The number of aromatic nitrogens is 5. The first kappa shape index (κ1) is 21.4.